The van der Waals surface area contributed by atoms with Crippen LogP contribution in [0.5, 0.6) is 11.5 Å². The van der Waals surface area contributed by atoms with Crippen LogP contribution in [0.2, 0.25) is 0 Å². The zero-order chi connectivity index (χ0) is 20.7. The van der Waals surface area contributed by atoms with Gasteiger partial charge in [0.2, 0.25) is 0 Å². The van der Waals surface area contributed by atoms with Gasteiger partial charge in [0.05, 0.1) is 19.9 Å². The SMILES string of the molecule is COc1cc(/C=C/C(=O)O[C@@H](C)C(=O)Nc2ccc(F)cc2F)cc(OC)c1. The third-order valence-electron chi connectivity index (χ3n) is 3.64. The van der Waals surface area contributed by atoms with Gasteiger partial charge in [-0.15, -0.1) is 0 Å². The number of nitrogens with one attached hydrogen (secondary N) is 1. The number of methoxy groups -OCH3 is 2. The molecule has 28 heavy (non-hydrogen) atoms. The van der Waals surface area contributed by atoms with E-state index >= 15 is 0 Å². The summed E-state index contributed by atoms with van der Waals surface area (Å²) in [5, 5.41) is 2.23. The summed E-state index contributed by atoms with van der Waals surface area (Å²) in [6.07, 6.45) is 1.41. The minimum Gasteiger partial charge on any atom is -0.497 e. The first-order chi connectivity index (χ1) is 13.3. The van der Waals surface area contributed by atoms with E-state index in [9.17, 15) is 18.4 Å². The van der Waals surface area contributed by atoms with E-state index in [4.69, 9.17) is 14.2 Å². The van der Waals surface area contributed by atoms with Crippen LogP contribution >= 0.6 is 0 Å². The van der Waals surface area contributed by atoms with Crippen LogP contribution < -0.4 is 14.8 Å². The van der Waals surface area contributed by atoms with Crippen LogP contribution in [0.1, 0.15) is 12.5 Å². The summed E-state index contributed by atoms with van der Waals surface area (Å²) in [7, 11) is 3.00. The molecule has 0 bridgehead atoms. The Morgan fingerprint density at radius 2 is 1.68 bits per heavy atom. The van der Waals surface area contributed by atoms with E-state index in [0.29, 0.717) is 23.1 Å². The molecule has 1 amide bonds. The predicted octanol–water partition coefficient (Wildman–Crippen LogP) is 3.57. The molecule has 0 heterocycles. The van der Waals surface area contributed by atoms with Crippen LogP contribution in [0.3, 0.4) is 0 Å². The maximum atomic E-state index is 13.6. The zero-order valence-electron chi connectivity index (χ0n) is 15.5. The van der Waals surface area contributed by atoms with Crippen molar-refractivity contribution in [3.63, 3.8) is 0 Å². The van der Waals surface area contributed by atoms with Crippen molar-refractivity contribution in [2.75, 3.05) is 19.5 Å². The molecule has 0 aliphatic rings. The van der Waals surface area contributed by atoms with Gasteiger partial charge in [0.15, 0.2) is 6.10 Å². The van der Waals surface area contributed by atoms with Crippen molar-refractivity contribution in [3.8, 4) is 11.5 Å². The molecule has 0 aliphatic heterocycles. The van der Waals surface area contributed by atoms with Gasteiger partial charge >= 0.3 is 5.97 Å². The van der Waals surface area contributed by atoms with Gasteiger partial charge in [0.25, 0.3) is 5.91 Å². The summed E-state index contributed by atoms with van der Waals surface area (Å²) in [6, 6.07) is 7.75. The first kappa shape index (κ1) is 20.9. The highest BCUT2D eigenvalue weighted by atomic mass is 19.1. The summed E-state index contributed by atoms with van der Waals surface area (Å²) in [6.45, 7) is 1.33. The van der Waals surface area contributed by atoms with Crippen LogP contribution in [0.4, 0.5) is 14.5 Å². The van der Waals surface area contributed by atoms with Crippen molar-refractivity contribution >= 4 is 23.6 Å². The number of esters is 1. The second kappa shape index (κ2) is 9.50. The smallest absolute Gasteiger partial charge is 0.331 e. The average molecular weight is 391 g/mol. The molecule has 0 saturated heterocycles. The molecular formula is C20H19F2NO5. The summed E-state index contributed by atoms with van der Waals surface area (Å²) < 4.78 is 41.7. The standard InChI is InChI=1S/C20H19F2NO5/c1-12(20(25)23-18-6-5-14(21)10-17(18)22)28-19(24)7-4-13-8-15(26-2)11-16(9-13)27-3/h4-12H,1-3H3,(H,23,25)/b7-4+/t12-/m0/s1. The van der Waals surface area contributed by atoms with E-state index in [1.54, 1.807) is 18.2 Å². The number of amides is 1. The summed E-state index contributed by atoms with van der Waals surface area (Å²) in [4.78, 5) is 23.9. The van der Waals surface area contributed by atoms with E-state index in [0.717, 1.165) is 18.2 Å². The maximum Gasteiger partial charge on any atom is 0.331 e. The number of benzene rings is 2. The molecule has 0 spiro atoms. The lowest BCUT2D eigenvalue weighted by atomic mass is 10.2. The van der Waals surface area contributed by atoms with Crippen molar-refractivity contribution in [2.45, 2.75) is 13.0 Å². The first-order valence-electron chi connectivity index (χ1n) is 8.20. The molecule has 0 saturated carbocycles. The minimum absolute atomic E-state index is 0.215. The Morgan fingerprint density at radius 1 is 1.04 bits per heavy atom. The molecule has 148 valence electrons. The van der Waals surface area contributed by atoms with Crippen molar-refractivity contribution in [1.82, 2.24) is 0 Å². The fourth-order valence-corrected chi connectivity index (χ4v) is 2.18. The molecule has 2 rings (SSSR count). The summed E-state index contributed by atoms with van der Waals surface area (Å²) in [5.74, 6) is -2.14. The fourth-order valence-electron chi connectivity index (χ4n) is 2.18. The van der Waals surface area contributed by atoms with E-state index in [1.165, 1.54) is 27.2 Å². The molecule has 0 fully saturated rings. The van der Waals surface area contributed by atoms with Gasteiger partial charge in [-0.25, -0.2) is 13.6 Å². The molecule has 6 nitrogen and oxygen atoms in total. The van der Waals surface area contributed by atoms with Crippen molar-refractivity contribution < 1.29 is 32.6 Å². The molecule has 2 aromatic rings. The van der Waals surface area contributed by atoms with Gasteiger partial charge < -0.3 is 19.5 Å². The largest absolute Gasteiger partial charge is 0.497 e. The molecule has 0 radical (unpaired) electrons. The Morgan fingerprint density at radius 3 is 2.25 bits per heavy atom. The van der Waals surface area contributed by atoms with Gasteiger partial charge in [-0.3, -0.25) is 4.79 Å². The number of rotatable bonds is 7. The van der Waals surface area contributed by atoms with E-state index in [1.807, 2.05) is 0 Å². The van der Waals surface area contributed by atoms with Crippen LogP contribution in [0.25, 0.3) is 6.08 Å². The first-order valence-corrected chi connectivity index (χ1v) is 8.20. The third kappa shape index (κ3) is 5.80. The second-order valence-electron chi connectivity index (χ2n) is 5.67. The number of halogens is 2. The van der Waals surface area contributed by atoms with Crippen LogP contribution in [-0.4, -0.2) is 32.2 Å². The molecule has 8 heteroatoms. The number of anilines is 1. The lowest BCUT2D eigenvalue weighted by Gasteiger charge is -2.13. The predicted molar refractivity (Wildman–Crippen MR) is 99.1 cm³/mol. The molecular weight excluding hydrogens is 372 g/mol. The minimum atomic E-state index is -1.19. The normalized spacial score (nSPS) is 11.8. The Bertz CT molecular complexity index is 876. The number of carbonyl (C=O) groups is 2. The Kier molecular flexibility index (Phi) is 7.08. The molecule has 0 aromatic heterocycles. The van der Waals surface area contributed by atoms with Crippen LogP contribution in [0, 0.1) is 11.6 Å². The fraction of sp³-hybridized carbons (Fsp3) is 0.200. The molecule has 2 aromatic carbocycles. The van der Waals surface area contributed by atoms with Gasteiger partial charge in [-0.05, 0) is 42.8 Å². The molecule has 0 unspecified atom stereocenters. The highest BCUT2D eigenvalue weighted by molar-refractivity contribution is 5.96. The molecule has 0 aliphatic carbocycles. The van der Waals surface area contributed by atoms with Crippen molar-refractivity contribution in [3.05, 3.63) is 59.7 Å². The Balaban J connectivity index is 1.98. The Hall–Kier alpha value is -3.42. The van der Waals surface area contributed by atoms with Crippen LogP contribution in [-0.2, 0) is 14.3 Å². The average Bonchev–Trinajstić information content (AvgIpc) is 2.68. The molecule has 1 atom stereocenters. The highest BCUT2D eigenvalue weighted by Gasteiger charge is 2.18. The topological polar surface area (TPSA) is 73.9 Å². The van der Waals surface area contributed by atoms with Crippen molar-refractivity contribution in [1.29, 1.82) is 0 Å². The number of carbonyl (C=O) groups excluding carboxylic acids is 2. The number of hydrogen-bond donors (Lipinski definition) is 1. The van der Waals surface area contributed by atoms with E-state index < -0.39 is 29.6 Å². The summed E-state index contributed by atoms with van der Waals surface area (Å²) >= 11 is 0. The van der Waals surface area contributed by atoms with Crippen LogP contribution in [0.15, 0.2) is 42.5 Å². The van der Waals surface area contributed by atoms with E-state index in [-0.39, 0.29) is 5.69 Å². The highest BCUT2D eigenvalue weighted by Crippen LogP contribution is 2.23. The maximum absolute atomic E-state index is 13.6. The van der Waals surface area contributed by atoms with Gasteiger partial charge in [-0.2, -0.15) is 0 Å². The zero-order valence-corrected chi connectivity index (χ0v) is 15.5. The Labute approximate surface area is 160 Å². The quantitative estimate of drug-likeness (QED) is 0.577. The van der Waals surface area contributed by atoms with Gasteiger partial charge in [0, 0.05) is 18.2 Å². The number of ether oxygens (including phenoxy) is 3. The van der Waals surface area contributed by atoms with Crippen molar-refractivity contribution in [2.24, 2.45) is 0 Å². The third-order valence-corrected chi connectivity index (χ3v) is 3.64. The summed E-state index contributed by atoms with van der Waals surface area (Å²) in [5.41, 5.74) is 0.409. The monoisotopic (exact) mass is 391 g/mol. The number of hydrogen-bond acceptors (Lipinski definition) is 5. The van der Waals surface area contributed by atoms with Gasteiger partial charge in [0.1, 0.15) is 23.1 Å². The molecule has 1 N–H and O–H groups in total. The lowest BCUT2D eigenvalue weighted by molar-refractivity contribution is -0.148. The van der Waals surface area contributed by atoms with E-state index in [2.05, 4.69) is 5.32 Å². The lowest BCUT2D eigenvalue weighted by Crippen LogP contribution is -2.29. The second-order valence-corrected chi connectivity index (χ2v) is 5.67. The van der Waals surface area contributed by atoms with Gasteiger partial charge in [-0.1, -0.05) is 0 Å².